The summed E-state index contributed by atoms with van der Waals surface area (Å²) in [4.78, 5) is 17.2. The standard InChI is InChI=1S/C25H26BrN3O5/c1-6-31-20-10-16(25(30)33-8-3)11-21(32-7-2)24(20)29-13-18(26)23-19(29)9-17(12-27-23)22-14(4)28-34-15(22)5/h9-13H,6-8H2,1-5H3. The molecule has 0 aliphatic rings. The summed E-state index contributed by atoms with van der Waals surface area (Å²) in [7, 11) is 0. The Balaban J connectivity index is 1.99. The minimum atomic E-state index is -0.433. The number of hydrogen-bond donors (Lipinski definition) is 0. The van der Waals surface area contributed by atoms with Crippen molar-refractivity contribution in [2.75, 3.05) is 19.8 Å². The van der Waals surface area contributed by atoms with Crippen molar-refractivity contribution in [3.05, 3.63) is 52.1 Å². The van der Waals surface area contributed by atoms with Crippen molar-refractivity contribution in [1.29, 1.82) is 0 Å². The number of esters is 1. The Bertz CT molecular complexity index is 1310. The molecule has 0 spiro atoms. The van der Waals surface area contributed by atoms with E-state index in [9.17, 15) is 4.79 Å². The zero-order valence-corrected chi connectivity index (χ0v) is 21.4. The van der Waals surface area contributed by atoms with Crippen molar-refractivity contribution in [2.24, 2.45) is 0 Å². The number of fused-ring (bicyclic) bond motifs is 1. The van der Waals surface area contributed by atoms with Crippen molar-refractivity contribution in [3.63, 3.8) is 0 Å². The molecule has 0 atom stereocenters. The minimum Gasteiger partial charge on any atom is -0.492 e. The lowest BCUT2D eigenvalue weighted by molar-refractivity contribution is 0.0525. The van der Waals surface area contributed by atoms with E-state index in [0.29, 0.717) is 36.0 Å². The maximum atomic E-state index is 12.5. The molecule has 0 saturated carbocycles. The normalized spacial score (nSPS) is 11.1. The highest BCUT2D eigenvalue weighted by Crippen LogP contribution is 2.40. The molecule has 0 N–H and O–H groups in total. The van der Waals surface area contributed by atoms with Gasteiger partial charge in [-0.1, -0.05) is 5.16 Å². The fourth-order valence-corrected chi connectivity index (χ4v) is 4.47. The van der Waals surface area contributed by atoms with Gasteiger partial charge in [0.1, 0.15) is 28.5 Å². The summed E-state index contributed by atoms with van der Waals surface area (Å²) in [6, 6.07) is 5.40. The fraction of sp³-hybridized carbons (Fsp3) is 0.320. The minimum absolute atomic E-state index is 0.278. The molecule has 0 aliphatic carbocycles. The molecule has 4 aromatic rings. The van der Waals surface area contributed by atoms with Crippen LogP contribution in [-0.2, 0) is 4.74 Å². The molecule has 0 saturated heterocycles. The first kappa shape index (κ1) is 23.8. The Morgan fingerprint density at radius 3 is 2.29 bits per heavy atom. The van der Waals surface area contributed by atoms with E-state index in [-0.39, 0.29) is 6.61 Å². The van der Waals surface area contributed by atoms with Gasteiger partial charge < -0.3 is 23.3 Å². The number of hydrogen-bond acceptors (Lipinski definition) is 7. The SMILES string of the molecule is CCOC(=O)c1cc(OCC)c(-n2cc(Br)c3ncc(-c4c(C)noc4C)cc32)c(OCC)c1. The summed E-state index contributed by atoms with van der Waals surface area (Å²) in [5.74, 6) is 1.30. The van der Waals surface area contributed by atoms with Crippen LogP contribution in [0.25, 0.3) is 27.8 Å². The second kappa shape index (κ2) is 9.89. The maximum Gasteiger partial charge on any atom is 0.338 e. The Hall–Kier alpha value is -3.33. The van der Waals surface area contributed by atoms with E-state index >= 15 is 0 Å². The molecule has 0 unspecified atom stereocenters. The molecule has 0 bridgehead atoms. The lowest BCUT2D eigenvalue weighted by atomic mass is 10.1. The highest BCUT2D eigenvalue weighted by Gasteiger charge is 2.23. The van der Waals surface area contributed by atoms with Gasteiger partial charge in [-0.15, -0.1) is 0 Å². The Morgan fingerprint density at radius 1 is 1.06 bits per heavy atom. The average Bonchev–Trinajstić information content (AvgIpc) is 3.32. The van der Waals surface area contributed by atoms with Crippen LogP contribution in [0, 0.1) is 13.8 Å². The molecule has 1 aromatic carbocycles. The third-order valence-corrected chi connectivity index (χ3v) is 5.89. The topological polar surface area (TPSA) is 88.6 Å². The predicted molar refractivity (Wildman–Crippen MR) is 132 cm³/mol. The van der Waals surface area contributed by atoms with E-state index in [2.05, 4.69) is 21.1 Å². The van der Waals surface area contributed by atoms with Crippen LogP contribution in [0.3, 0.4) is 0 Å². The zero-order valence-electron chi connectivity index (χ0n) is 19.8. The fourth-order valence-electron chi connectivity index (χ4n) is 3.96. The Morgan fingerprint density at radius 2 is 1.74 bits per heavy atom. The van der Waals surface area contributed by atoms with Gasteiger partial charge in [0.2, 0.25) is 0 Å². The van der Waals surface area contributed by atoms with Crippen LogP contribution in [0.4, 0.5) is 0 Å². The molecule has 8 nitrogen and oxygen atoms in total. The van der Waals surface area contributed by atoms with Crippen LogP contribution < -0.4 is 9.47 Å². The molecule has 9 heteroatoms. The number of aromatic nitrogens is 3. The van der Waals surface area contributed by atoms with Crippen LogP contribution in [-0.4, -0.2) is 40.5 Å². The van der Waals surface area contributed by atoms with Crippen LogP contribution in [0.2, 0.25) is 0 Å². The molecule has 4 rings (SSSR count). The first-order chi connectivity index (χ1) is 16.4. The molecule has 0 fully saturated rings. The summed E-state index contributed by atoms with van der Waals surface area (Å²) in [5.41, 5.74) is 5.22. The molecule has 0 amide bonds. The smallest absolute Gasteiger partial charge is 0.338 e. The highest BCUT2D eigenvalue weighted by molar-refractivity contribution is 9.10. The number of pyridine rings is 1. The predicted octanol–water partition coefficient (Wildman–Crippen LogP) is 6.03. The van der Waals surface area contributed by atoms with Gasteiger partial charge in [0.25, 0.3) is 0 Å². The van der Waals surface area contributed by atoms with E-state index in [1.54, 1.807) is 25.3 Å². The van der Waals surface area contributed by atoms with Gasteiger partial charge in [-0.3, -0.25) is 4.98 Å². The van der Waals surface area contributed by atoms with Gasteiger partial charge in [0, 0.05) is 23.5 Å². The molecular weight excluding hydrogens is 502 g/mol. The van der Waals surface area contributed by atoms with Gasteiger partial charge in [-0.25, -0.2) is 4.79 Å². The second-order valence-electron chi connectivity index (χ2n) is 7.55. The number of benzene rings is 1. The summed E-state index contributed by atoms with van der Waals surface area (Å²) >= 11 is 3.63. The zero-order chi connectivity index (χ0) is 24.4. The quantitative estimate of drug-likeness (QED) is 0.258. The number of carbonyl (C=O) groups excluding carboxylic acids is 1. The third kappa shape index (κ3) is 4.27. The Labute approximate surface area is 205 Å². The van der Waals surface area contributed by atoms with Gasteiger partial charge in [0.15, 0.2) is 0 Å². The van der Waals surface area contributed by atoms with Crippen molar-refractivity contribution >= 4 is 32.9 Å². The van der Waals surface area contributed by atoms with Crippen LogP contribution in [0.1, 0.15) is 42.6 Å². The van der Waals surface area contributed by atoms with E-state index in [4.69, 9.17) is 23.7 Å². The number of rotatable bonds is 8. The van der Waals surface area contributed by atoms with E-state index in [1.807, 2.05) is 44.5 Å². The molecule has 0 radical (unpaired) electrons. The van der Waals surface area contributed by atoms with Gasteiger partial charge in [-0.05, 0) is 68.7 Å². The average molecular weight is 528 g/mol. The van der Waals surface area contributed by atoms with Crippen molar-refractivity contribution in [2.45, 2.75) is 34.6 Å². The largest absolute Gasteiger partial charge is 0.492 e. The summed E-state index contributed by atoms with van der Waals surface area (Å²) in [6.07, 6.45) is 3.72. The molecule has 34 heavy (non-hydrogen) atoms. The first-order valence-electron chi connectivity index (χ1n) is 11.1. The summed E-state index contributed by atoms with van der Waals surface area (Å²) < 4.78 is 25.3. The van der Waals surface area contributed by atoms with Gasteiger partial charge >= 0.3 is 5.97 Å². The van der Waals surface area contributed by atoms with Crippen molar-refractivity contribution in [1.82, 2.24) is 14.7 Å². The van der Waals surface area contributed by atoms with Gasteiger partial charge in [0.05, 0.1) is 41.1 Å². The lowest BCUT2D eigenvalue weighted by Crippen LogP contribution is -2.09. The molecule has 3 aromatic heterocycles. The number of halogens is 1. The second-order valence-corrected chi connectivity index (χ2v) is 8.40. The van der Waals surface area contributed by atoms with Crippen molar-refractivity contribution in [3.8, 4) is 28.3 Å². The lowest BCUT2D eigenvalue weighted by Gasteiger charge is -2.18. The molecule has 0 aliphatic heterocycles. The third-order valence-electron chi connectivity index (χ3n) is 5.31. The summed E-state index contributed by atoms with van der Waals surface area (Å²) in [6.45, 7) is 10.4. The van der Waals surface area contributed by atoms with E-state index in [0.717, 1.165) is 38.1 Å². The van der Waals surface area contributed by atoms with Crippen molar-refractivity contribution < 1.29 is 23.5 Å². The highest BCUT2D eigenvalue weighted by atomic mass is 79.9. The molecule has 3 heterocycles. The van der Waals surface area contributed by atoms with Crippen LogP contribution >= 0.6 is 15.9 Å². The molecule has 178 valence electrons. The maximum absolute atomic E-state index is 12.5. The monoisotopic (exact) mass is 527 g/mol. The Kier molecular flexibility index (Phi) is 6.92. The molecular formula is C25H26BrN3O5. The van der Waals surface area contributed by atoms with E-state index < -0.39 is 5.97 Å². The van der Waals surface area contributed by atoms with Crippen LogP contribution in [0.5, 0.6) is 11.5 Å². The van der Waals surface area contributed by atoms with E-state index in [1.165, 1.54) is 0 Å². The number of nitrogens with zero attached hydrogens (tertiary/aromatic N) is 3. The first-order valence-corrected chi connectivity index (χ1v) is 11.9. The van der Waals surface area contributed by atoms with Gasteiger partial charge in [-0.2, -0.15) is 0 Å². The number of aryl methyl sites for hydroxylation is 2. The van der Waals surface area contributed by atoms with Crippen LogP contribution in [0.15, 0.2) is 39.6 Å². The number of ether oxygens (including phenoxy) is 3. The summed E-state index contributed by atoms with van der Waals surface area (Å²) in [5, 5.41) is 4.07. The number of carbonyl (C=O) groups is 1.